The van der Waals surface area contributed by atoms with Gasteiger partial charge in [0.05, 0.1) is 12.6 Å². The number of carbonyl (C=O) groups is 1. The van der Waals surface area contributed by atoms with Crippen LogP contribution in [0.5, 0.6) is 5.75 Å². The molecule has 1 amide bonds. The van der Waals surface area contributed by atoms with Gasteiger partial charge in [0.15, 0.2) is 0 Å². The summed E-state index contributed by atoms with van der Waals surface area (Å²) in [5.74, 6) is 1.04. The van der Waals surface area contributed by atoms with Gasteiger partial charge in [-0.2, -0.15) is 0 Å². The number of hydrogen-bond donors (Lipinski definition) is 0. The van der Waals surface area contributed by atoms with Gasteiger partial charge in [0.1, 0.15) is 12.3 Å². The van der Waals surface area contributed by atoms with Crippen LogP contribution in [-0.4, -0.2) is 35.6 Å². The van der Waals surface area contributed by atoms with Crippen LogP contribution in [0.25, 0.3) is 10.9 Å². The van der Waals surface area contributed by atoms with E-state index >= 15 is 0 Å². The van der Waals surface area contributed by atoms with E-state index in [4.69, 9.17) is 4.74 Å². The number of nitrogens with zero attached hydrogens (tertiary/aromatic N) is 2. The summed E-state index contributed by atoms with van der Waals surface area (Å²) < 4.78 is 7.52. The molecule has 2 rings (SSSR count). The van der Waals surface area contributed by atoms with Crippen molar-refractivity contribution < 1.29 is 9.53 Å². The highest BCUT2D eigenvalue weighted by atomic mass is 16.5. The van der Waals surface area contributed by atoms with Gasteiger partial charge in [0.25, 0.3) is 0 Å². The molecule has 0 saturated heterocycles. The summed E-state index contributed by atoms with van der Waals surface area (Å²) in [5.41, 5.74) is 3.47. The van der Waals surface area contributed by atoms with Crippen molar-refractivity contribution in [3.63, 3.8) is 0 Å². The number of fused-ring (bicyclic) bond motifs is 1. The predicted octanol–water partition coefficient (Wildman–Crippen LogP) is 4.70. The molecule has 1 aromatic carbocycles. The van der Waals surface area contributed by atoms with Gasteiger partial charge in [-0.05, 0) is 44.4 Å². The molecule has 0 N–H and O–H groups in total. The summed E-state index contributed by atoms with van der Waals surface area (Å²) in [5, 5.41) is 1.19. The van der Waals surface area contributed by atoms with E-state index in [1.54, 1.807) is 7.11 Å². The summed E-state index contributed by atoms with van der Waals surface area (Å²) >= 11 is 0. The number of rotatable bonds is 9. The predicted molar refractivity (Wildman–Crippen MR) is 104 cm³/mol. The van der Waals surface area contributed by atoms with E-state index in [1.807, 2.05) is 17.0 Å². The molecule has 4 heteroatoms. The molecule has 25 heavy (non-hydrogen) atoms. The van der Waals surface area contributed by atoms with Gasteiger partial charge in [-0.15, -0.1) is 0 Å². The highest BCUT2D eigenvalue weighted by molar-refractivity contribution is 5.88. The van der Waals surface area contributed by atoms with Gasteiger partial charge in [-0.25, -0.2) is 0 Å². The number of methoxy groups -OCH3 is 1. The molecule has 1 aromatic heterocycles. The van der Waals surface area contributed by atoms with Crippen LogP contribution in [0.1, 0.15) is 50.8 Å². The van der Waals surface area contributed by atoms with E-state index in [0.29, 0.717) is 6.54 Å². The third kappa shape index (κ3) is 4.36. The second-order valence-electron chi connectivity index (χ2n) is 6.77. The van der Waals surface area contributed by atoms with Crippen molar-refractivity contribution in [1.29, 1.82) is 0 Å². The standard InChI is InChI=1S/C21H32N2O2/c1-6-8-12-22(13-9-7-2)21(24)15-23-17(4)16(3)19-11-10-18(25-5)14-20(19)23/h10-11,14H,6-9,12-13,15H2,1-5H3. The average molecular weight is 344 g/mol. The van der Waals surface area contributed by atoms with Crippen LogP contribution < -0.4 is 4.74 Å². The quantitative estimate of drug-likeness (QED) is 0.661. The Balaban J connectivity index is 2.30. The van der Waals surface area contributed by atoms with Crippen LogP contribution in [0.4, 0.5) is 0 Å². The Labute approximate surface area is 151 Å². The van der Waals surface area contributed by atoms with Gasteiger partial charge >= 0.3 is 0 Å². The third-order valence-electron chi connectivity index (χ3n) is 5.06. The minimum absolute atomic E-state index is 0.213. The third-order valence-corrected chi connectivity index (χ3v) is 5.06. The van der Waals surface area contributed by atoms with Crippen molar-refractivity contribution in [2.24, 2.45) is 0 Å². The second kappa shape index (κ2) is 8.93. The number of aromatic nitrogens is 1. The van der Waals surface area contributed by atoms with Crippen LogP contribution in [0.2, 0.25) is 0 Å². The van der Waals surface area contributed by atoms with Gasteiger partial charge in [-0.1, -0.05) is 26.7 Å². The average Bonchev–Trinajstić information content (AvgIpc) is 2.86. The number of amides is 1. The Morgan fingerprint density at radius 1 is 1.12 bits per heavy atom. The molecular weight excluding hydrogens is 312 g/mol. The lowest BCUT2D eigenvalue weighted by molar-refractivity contribution is -0.132. The monoisotopic (exact) mass is 344 g/mol. The molecule has 0 aliphatic rings. The smallest absolute Gasteiger partial charge is 0.242 e. The van der Waals surface area contributed by atoms with Crippen LogP contribution in [-0.2, 0) is 11.3 Å². The summed E-state index contributed by atoms with van der Waals surface area (Å²) in [6.45, 7) is 10.7. The van der Waals surface area contributed by atoms with Gasteiger partial charge in [0, 0.05) is 30.2 Å². The summed E-state index contributed by atoms with van der Waals surface area (Å²) in [7, 11) is 1.68. The van der Waals surface area contributed by atoms with Gasteiger partial charge < -0.3 is 14.2 Å². The lowest BCUT2D eigenvalue weighted by atomic mass is 10.1. The highest BCUT2D eigenvalue weighted by Crippen LogP contribution is 2.28. The molecule has 0 atom stereocenters. The normalized spacial score (nSPS) is 11.1. The van der Waals surface area contributed by atoms with E-state index in [0.717, 1.165) is 55.7 Å². The maximum absolute atomic E-state index is 13.0. The van der Waals surface area contributed by atoms with E-state index in [1.165, 1.54) is 10.9 Å². The molecule has 4 nitrogen and oxygen atoms in total. The van der Waals surface area contributed by atoms with E-state index < -0.39 is 0 Å². The van der Waals surface area contributed by atoms with Gasteiger partial charge in [-0.3, -0.25) is 4.79 Å². The van der Waals surface area contributed by atoms with Crippen molar-refractivity contribution in [2.45, 2.75) is 59.9 Å². The fourth-order valence-electron chi connectivity index (χ4n) is 3.26. The molecule has 0 aliphatic heterocycles. The van der Waals surface area contributed by atoms with E-state index in [9.17, 15) is 4.79 Å². The molecule has 2 aromatic rings. The number of hydrogen-bond acceptors (Lipinski definition) is 2. The largest absolute Gasteiger partial charge is 0.497 e. The van der Waals surface area contributed by atoms with Crippen molar-refractivity contribution >= 4 is 16.8 Å². The van der Waals surface area contributed by atoms with Crippen molar-refractivity contribution in [2.75, 3.05) is 20.2 Å². The topological polar surface area (TPSA) is 34.5 Å². The number of benzene rings is 1. The first kappa shape index (κ1) is 19.4. The fraction of sp³-hybridized carbons (Fsp3) is 0.571. The first-order chi connectivity index (χ1) is 12.0. The number of aryl methyl sites for hydroxylation is 1. The van der Waals surface area contributed by atoms with E-state index in [-0.39, 0.29) is 5.91 Å². The van der Waals surface area contributed by atoms with Crippen LogP contribution in [0.3, 0.4) is 0 Å². The number of ether oxygens (including phenoxy) is 1. The first-order valence-corrected chi connectivity index (χ1v) is 9.44. The lowest BCUT2D eigenvalue weighted by Gasteiger charge is -2.23. The molecule has 138 valence electrons. The molecule has 0 unspecified atom stereocenters. The Hall–Kier alpha value is -1.97. The molecule has 0 fully saturated rings. The Morgan fingerprint density at radius 3 is 2.32 bits per heavy atom. The molecule has 1 heterocycles. The SMILES string of the molecule is CCCCN(CCCC)C(=O)Cn1c(C)c(C)c2ccc(OC)cc21. The molecule has 0 aliphatic carbocycles. The van der Waals surface area contributed by atoms with Crippen LogP contribution in [0.15, 0.2) is 18.2 Å². The lowest BCUT2D eigenvalue weighted by Crippen LogP contribution is -2.35. The van der Waals surface area contributed by atoms with Crippen molar-refractivity contribution in [1.82, 2.24) is 9.47 Å². The minimum Gasteiger partial charge on any atom is -0.497 e. The maximum Gasteiger partial charge on any atom is 0.242 e. The van der Waals surface area contributed by atoms with Crippen LogP contribution >= 0.6 is 0 Å². The summed E-state index contributed by atoms with van der Waals surface area (Å²) in [6, 6.07) is 6.10. The van der Waals surface area contributed by atoms with E-state index in [2.05, 4.69) is 38.3 Å². The minimum atomic E-state index is 0.213. The zero-order valence-corrected chi connectivity index (χ0v) is 16.4. The zero-order chi connectivity index (χ0) is 18.4. The number of unbranched alkanes of at least 4 members (excludes halogenated alkanes) is 2. The maximum atomic E-state index is 13.0. The van der Waals surface area contributed by atoms with Crippen molar-refractivity contribution in [3.8, 4) is 5.75 Å². The summed E-state index contributed by atoms with van der Waals surface area (Å²) in [4.78, 5) is 15.0. The van der Waals surface area contributed by atoms with Gasteiger partial charge in [0.2, 0.25) is 5.91 Å². The highest BCUT2D eigenvalue weighted by Gasteiger charge is 2.18. The Kier molecular flexibility index (Phi) is 6.91. The van der Waals surface area contributed by atoms with Crippen molar-refractivity contribution in [3.05, 3.63) is 29.5 Å². The Bertz CT molecular complexity index is 710. The molecule has 0 bridgehead atoms. The molecule has 0 saturated carbocycles. The summed E-state index contributed by atoms with van der Waals surface area (Å²) in [6.07, 6.45) is 4.34. The molecular formula is C21H32N2O2. The Morgan fingerprint density at radius 2 is 1.76 bits per heavy atom. The van der Waals surface area contributed by atoms with Crippen LogP contribution in [0, 0.1) is 13.8 Å². The number of carbonyl (C=O) groups excluding carboxylic acids is 1. The fourth-order valence-corrected chi connectivity index (χ4v) is 3.26. The molecule has 0 radical (unpaired) electrons. The zero-order valence-electron chi connectivity index (χ0n) is 16.4. The second-order valence-corrected chi connectivity index (χ2v) is 6.77. The molecule has 0 spiro atoms. The first-order valence-electron chi connectivity index (χ1n) is 9.44.